The molecule has 1 heterocycles. The zero-order chi connectivity index (χ0) is 10.9. The average molecular weight is 211 g/mol. The predicted molar refractivity (Wildman–Crippen MR) is 58.9 cm³/mol. The zero-order valence-electron chi connectivity index (χ0n) is 9.54. The van der Waals surface area contributed by atoms with E-state index in [1.54, 1.807) is 0 Å². The molecule has 1 atom stereocenters. The maximum atomic E-state index is 11.0. The van der Waals surface area contributed by atoms with Crippen LogP contribution in [0.3, 0.4) is 0 Å². The van der Waals surface area contributed by atoms with Gasteiger partial charge in [-0.2, -0.15) is 0 Å². The summed E-state index contributed by atoms with van der Waals surface area (Å²) in [6, 6.07) is 0.586. The van der Waals surface area contributed by atoms with Crippen LogP contribution in [0.2, 0.25) is 0 Å². The molecule has 1 saturated carbocycles. The van der Waals surface area contributed by atoms with Gasteiger partial charge >= 0.3 is 5.97 Å². The third-order valence-electron chi connectivity index (χ3n) is 4.18. The molecule has 2 fully saturated rings. The number of hydrogen-bond donors (Lipinski definition) is 1. The molecule has 2 aliphatic rings. The Balaban J connectivity index is 2.14. The lowest BCUT2D eigenvalue weighted by molar-refractivity contribution is -0.140. The van der Waals surface area contributed by atoms with Gasteiger partial charge in [0.15, 0.2) is 0 Å². The van der Waals surface area contributed by atoms with E-state index in [0.717, 1.165) is 19.4 Å². The minimum atomic E-state index is -0.629. The van der Waals surface area contributed by atoms with Crippen molar-refractivity contribution in [1.82, 2.24) is 4.90 Å². The van der Waals surface area contributed by atoms with Crippen molar-refractivity contribution in [2.24, 2.45) is 0 Å². The molecule has 1 unspecified atom stereocenters. The molecule has 0 aromatic rings. The van der Waals surface area contributed by atoms with E-state index in [1.807, 2.05) is 0 Å². The van der Waals surface area contributed by atoms with Gasteiger partial charge < -0.3 is 5.11 Å². The van der Waals surface area contributed by atoms with Gasteiger partial charge in [-0.25, -0.2) is 0 Å². The fourth-order valence-electron chi connectivity index (χ4n) is 3.52. The molecule has 0 amide bonds. The van der Waals surface area contributed by atoms with Gasteiger partial charge in [0.05, 0.1) is 6.42 Å². The van der Waals surface area contributed by atoms with Crippen LogP contribution in [0.1, 0.15) is 51.9 Å². The molecule has 1 aliphatic carbocycles. The van der Waals surface area contributed by atoms with Crippen LogP contribution in [0.25, 0.3) is 0 Å². The monoisotopic (exact) mass is 211 g/mol. The van der Waals surface area contributed by atoms with Crippen molar-refractivity contribution in [3.8, 4) is 0 Å². The molecule has 15 heavy (non-hydrogen) atoms. The Kier molecular flexibility index (Phi) is 3.01. The molecule has 2 rings (SSSR count). The summed E-state index contributed by atoms with van der Waals surface area (Å²) in [4.78, 5) is 13.5. The van der Waals surface area contributed by atoms with Gasteiger partial charge in [-0.15, -0.1) is 0 Å². The maximum absolute atomic E-state index is 11.0. The summed E-state index contributed by atoms with van der Waals surface area (Å²) in [7, 11) is 0. The SMILES string of the molecule is CC1CCCN1C1(CC(=O)O)CCCC1. The highest BCUT2D eigenvalue weighted by molar-refractivity contribution is 5.68. The van der Waals surface area contributed by atoms with E-state index < -0.39 is 5.97 Å². The Labute approximate surface area is 91.5 Å². The Morgan fingerprint density at radius 3 is 2.53 bits per heavy atom. The number of likely N-dealkylation sites (tertiary alicyclic amines) is 1. The smallest absolute Gasteiger partial charge is 0.305 e. The minimum Gasteiger partial charge on any atom is -0.481 e. The van der Waals surface area contributed by atoms with Crippen molar-refractivity contribution in [3.05, 3.63) is 0 Å². The average Bonchev–Trinajstić information content (AvgIpc) is 2.73. The summed E-state index contributed by atoms with van der Waals surface area (Å²) in [5.41, 5.74) is 0.00174. The second-order valence-electron chi connectivity index (χ2n) is 5.19. The maximum Gasteiger partial charge on any atom is 0.305 e. The molecule has 0 spiro atoms. The van der Waals surface area contributed by atoms with Crippen molar-refractivity contribution in [1.29, 1.82) is 0 Å². The molecular weight excluding hydrogens is 190 g/mol. The highest BCUT2D eigenvalue weighted by Gasteiger charge is 2.44. The number of carbonyl (C=O) groups is 1. The first-order valence-electron chi connectivity index (χ1n) is 6.13. The highest BCUT2D eigenvalue weighted by Crippen LogP contribution is 2.41. The van der Waals surface area contributed by atoms with Crippen molar-refractivity contribution < 1.29 is 9.90 Å². The van der Waals surface area contributed by atoms with E-state index in [1.165, 1.54) is 25.7 Å². The number of carboxylic acid groups (broad SMARTS) is 1. The molecule has 0 aromatic carbocycles. The molecule has 3 nitrogen and oxygen atoms in total. The molecule has 86 valence electrons. The largest absolute Gasteiger partial charge is 0.481 e. The fraction of sp³-hybridized carbons (Fsp3) is 0.917. The summed E-state index contributed by atoms with van der Waals surface area (Å²) in [6.45, 7) is 3.35. The minimum absolute atomic E-state index is 0.00174. The molecule has 0 radical (unpaired) electrons. The molecular formula is C12H21NO2. The van der Waals surface area contributed by atoms with Gasteiger partial charge in [-0.1, -0.05) is 12.8 Å². The zero-order valence-corrected chi connectivity index (χ0v) is 9.54. The van der Waals surface area contributed by atoms with Crippen molar-refractivity contribution in [2.45, 2.75) is 63.5 Å². The van der Waals surface area contributed by atoms with Crippen LogP contribution < -0.4 is 0 Å². The number of hydrogen-bond acceptors (Lipinski definition) is 2. The first-order valence-corrected chi connectivity index (χ1v) is 6.13. The van der Waals surface area contributed by atoms with Crippen LogP contribution in [0.4, 0.5) is 0 Å². The van der Waals surface area contributed by atoms with Gasteiger partial charge in [-0.05, 0) is 39.2 Å². The van der Waals surface area contributed by atoms with E-state index in [2.05, 4.69) is 11.8 Å². The van der Waals surface area contributed by atoms with E-state index in [9.17, 15) is 4.79 Å². The highest BCUT2D eigenvalue weighted by atomic mass is 16.4. The predicted octanol–water partition coefficient (Wildman–Crippen LogP) is 2.26. The number of nitrogens with zero attached hydrogens (tertiary/aromatic N) is 1. The van der Waals surface area contributed by atoms with Crippen LogP contribution in [0, 0.1) is 0 Å². The molecule has 1 saturated heterocycles. The van der Waals surface area contributed by atoms with Gasteiger partial charge in [0.2, 0.25) is 0 Å². The van der Waals surface area contributed by atoms with Crippen LogP contribution in [-0.2, 0) is 4.79 Å². The Morgan fingerprint density at radius 1 is 1.40 bits per heavy atom. The first-order chi connectivity index (χ1) is 7.14. The second-order valence-corrected chi connectivity index (χ2v) is 5.19. The third-order valence-corrected chi connectivity index (χ3v) is 4.18. The van der Waals surface area contributed by atoms with Crippen LogP contribution in [-0.4, -0.2) is 34.1 Å². The first kappa shape index (κ1) is 10.9. The van der Waals surface area contributed by atoms with E-state index in [-0.39, 0.29) is 5.54 Å². The second kappa shape index (κ2) is 4.12. The van der Waals surface area contributed by atoms with Crippen LogP contribution >= 0.6 is 0 Å². The molecule has 0 bridgehead atoms. The van der Waals surface area contributed by atoms with Crippen molar-refractivity contribution >= 4 is 5.97 Å². The molecule has 1 aliphatic heterocycles. The normalized spacial score (nSPS) is 30.9. The lowest BCUT2D eigenvalue weighted by atomic mass is 9.90. The van der Waals surface area contributed by atoms with Gasteiger partial charge in [0.1, 0.15) is 0 Å². The summed E-state index contributed by atoms with van der Waals surface area (Å²) < 4.78 is 0. The van der Waals surface area contributed by atoms with Gasteiger partial charge in [0.25, 0.3) is 0 Å². The standard InChI is InChI=1S/C12H21NO2/c1-10-5-4-8-13(10)12(9-11(14)15)6-2-3-7-12/h10H,2-9H2,1H3,(H,14,15). The summed E-state index contributed by atoms with van der Waals surface area (Å²) in [5, 5.41) is 9.06. The van der Waals surface area contributed by atoms with Crippen LogP contribution in [0.5, 0.6) is 0 Å². The lowest BCUT2D eigenvalue weighted by Gasteiger charge is -2.40. The third kappa shape index (κ3) is 2.03. The Bertz CT molecular complexity index is 246. The van der Waals surface area contributed by atoms with Crippen molar-refractivity contribution in [3.63, 3.8) is 0 Å². The molecule has 0 aromatic heterocycles. The Morgan fingerprint density at radius 2 is 2.07 bits per heavy atom. The molecule has 3 heteroatoms. The van der Waals surface area contributed by atoms with E-state index in [0.29, 0.717) is 12.5 Å². The fourth-order valence-corrected chi connectivity index (χ4v) is 3.52. The summed E-state index contributed by atoms with van der Waals surface area (Å²) in [6.07, 6.45) is 7.40. The van der Waals surface area contributed by atoms with E-state index >= 15 is 0 Å². The van der Waals surface area contributed by atoms with Gasteiger partial charge in [-0.3, -0.25) is 9.69 Å². The van der Waals surface area contributed by atoms with Crippen LogP contribution in [0.15, 0.2) is 0 Å². The number of carboxylic acids is 1. The van der Waals surface area contributed by atoms with Gasteiger partial charge in [0, 0.05) is 11.6 Å². The summed E-state index contributed by atoms with van der Waals surface area (Å²) in [5.74, 6) is -0.629. The van der Waals surface area contributed by atoms with Crippen molar-refractivity contribution in [2.75, 3.05) is 6.54 Å². The quantitative estimate of drug-likeness (QED) is 0.778. The van der Waals surface area contributed by atoms with E-state index in [4.69, 9.17) is 5.11 Å². The molecule has 1 N–H and O–H groups in total. The number of rotatable bonds is 3. The Hall–Kier alpha value is -0.570. The number of aliphatic carboxylic acids is 1. The topological polar surface area (TPSA) is 40.5 Å². The lowest BCUT2D eigenvalue weighted by Crippen LogP contribution is -2.49. The summed E-state index contributed by atoms with van der Waals surface area (Å²) >= 11 is 0.